The molecule has 2 aromatic rings. The zero-order valence-corrected chi connectivity index (χ0v) is 12.9. The van der Waals surface area contributed by atoms with Gasteiger partial charge >= 0.3 is 0 Å². The minimum atomic E-state index is 0.0625. The van der Waals surface area contributed by atoms with Crippen LogP contribution in [0.25, 0.3) is 0 Å². The highest BCUT2D eigenvalue weighted by Crippen LogP contribution is 2.23. The van der Waals surface area contributed by atoms with E-state index < -0.39 is 0 Å². The van der Waals surface area contributed by atoms with E-state index in [9.17, 15) is 0 Å². The van der Waals surface area contributed by atoms with Gasteiger partial charge in [0.2, 0.25) is 0 Å². The summed E-state index contributed by atoms with van der Waals surface area (Å²) in [5, 5.41) is 0.829. The highest BCUT2D eigenvalue weighted by Gasteiger charge is 2.08. The highest BCUT2D eigenvalue weighted by atomic mass is 35.5. The number of hydrogen-bond acceptors (Lipinski definition) is 1. The molecule has 0 spiro atoms. The fraction of sp³-hybridized carbons (Fsp3) is 0.333. The molecular weight excluding hydrogens is 266 g/mol. The van der Waals surface area contributed by atoms with E-state index in [0.29, 0.717) is 5.92 Å². The van der Waals surface area contributed by atoms with Gasteiger partial charge in [-0.3, -0.25) is 0 Å². The fourth-order valence-corrected chi connectivity index (χ4v) is 2.54. The van der Waals surface area contributed by atoms with Crippen LogP contribution in [0.4, 0.5) is 0 Å². The van der Waals surface area contributed by atoms with Crippen molar-refractivity contribution in [3.05, 3.63) is 70.2 Å². The number of rotatable bonds is 5. The van der Waals surface area contributed by atoms with E-state index in [1.165, 1.54) is 16.7 Å². The average molecular weight is 288 g/mol. The maximum atomic E-state index is 6.28. The van der Waals surface area contributed by atoms with E-state index in [0.717, 1.165) is 17.9 Å². The SMILES string of the molecule is CC(C)c1ccc(C(N)CCc2ccccc2Cl)cc1. The second-order valence-electron chi connectivity index (χ2n) is 5.56. The Hall–Kier alpha value is -1.31. The van der Waals surface area contributed by atoms with E-state index in [4.69, 9.17) is 17.3 Å². The number of nitrogens with two attached hydrogens (primary N) is 1. The monoisotopic (exact) mass is 287 g/mol. The average Bonchev–Trinajstić information content (AvgIpc) is 2.46. The molecule has 0 heterocycles. The topological polar surface area (TPSA) is 26.0 Å². The van der Waals surface area contributed by atoms with Gasteiger partial charge in [-0.2, -0.15) is 0 Å². The van der Waals surface area contributed by atoms with Gasteiger partial charge in [-0.15, -0.1) is 0 Å². The van der Waals surface area contributed by atoms with Crippen LogP contribution in [0.2, 0.25) is 5.02 Å². The fourth-order valence-electron chi connectivity index (χ4n) is 2.31. The first-order chi connectivity index (χ1) is 9.58. The Bertz CT molecular complexity index is 546. The van der Waals surface area contributed by atoms with Crippen LogP contribution in [0.5, 0.6) is 0 Å². The summed E-state index contributed by atoms with van der Waals surface area (Å²) in [4.78, 5) is 0. The minimum Gasteiger partial charge on any atom is -0.324 e. The molecule has 0 radical (unpaired) electrons. The van der Waals surface area contributed by atoms with Gasteiger partial charge in [-0.05, 0) is 41.5 Å². The normalized spacial score (nSPS) is 12.7. The summed E-state index contributed by atoms with van der Waals surface area (Å²) >= 11 is 6.17. The summed E-state index contributed by atoms with van der Waals surface area (Å²) in [6, 6.07) is 16.7. The predicted octanol–water partition coefficient (Wildman–Crippen LogP) is 5.10. The van der Waals surface area contributed by atoms with Gasteiger partial charge in [0.15, 0.2) is 0 Å². The van der Waals surface area contributed by atoms with Gasteiger partial charge in [0.25, 0.3) is 0 Å². The lowest BCUT2D eigenvalue weighted by atomic mass is 9.96. The van der Waals surface area contributed by atoms with E-state index in [1.54, 1.807) is 0 Å². The molecule has 2 heteroatoms. The second-order valence-corrected chi connectivity index (χ2v) is 5.97. The van der Waals surface area contributed by atoms with E-state index in [2.05, 4.69) is 44.2 Å². The first-order valence-electron chi connectivity index (χ1n) is 7.16. The zero-order chi connectivity index (χ0) is 14.5. The van der Waals surface area contributed by atoms with Crippen LogP contribution < -0.4 is 5.73 Å². The van der Waals surface area contributed by atoms with Crippen LogP contribution in [0.3, 0.4) is 0 Å². The Labute approximate surface area is 126 Å². The third-order valence-electron chi connectivity index (χ3n) is 3.71. The standard InChI is InChI=1S/C18H22ClN/c1-13(2)14-7-9-16(10-8-14)18(20)12-11-15-5-3-4-6-17(15)19/h3-10,13,18H,11-12,20H2,1-2H3. The molecule has 0 aliphatic heterocycles. The van der Waals surface area contributed by atoms with Gasteiger partial charge in [-0.1, -0.05) is 67.9 Å². The third kappa shape index (κ3) is 3.84. The van der Waals surface area contributed by atoms with Crippen LogP contribution in [0.1, 0.15) is 48.9 Å². The number of benzene rings is 2. The van der Waals surface area contributed by atoms with Crippen molar-refractivity contribution in [1.82, 2.24) is 0 Å². The molecule has 0 aliphatic rings. The number of aryl methyl sites for hydroxylation is 1. The molecule has 0 bridgehead atoms. The maximum Gasteiger partial charge on any atom is 0.0437 e. The van der Waals surface area contributed by atoms with Crippen molar-refractivity contribution in [2.45, 2.75) is 38.6 Å². The molecule has 1 atom stereocenters. The molecule has 0 saturated heterocycles. The van der Waals surface area contributed by atoms with Crippen molar-refractivity contribution in [2.75, 3.05) is 0 Å². The summed E-state index contributed by atoms with van der Waals surface area (Å²) in [5.41, 5.74) is 10.00. The first-order valence-corrected chi connectivity index (χ1v) is 7.54. The largest absolute Gasteiger partial charge is 0.324 e. The summed E-state index contributed by atoms with van der Waals surface area (Å²) in [6.45, 7) is 4.40. The third-order valence-corrected chi connectivity index (χ3v) is 4.08. The molecule has 2 aromatic carbocycles. The summed E-state index contributed by atoms with van der Waals surface area (Å²) in [7, 11) is 0. The molecular formula is C18H22ClN. The highest BCUT2D eigenvalue weighted by molar-refractivity contribution is 6.31. The summed E-state index contributed by atoms with van der Waals surface area (Å²) in [6.07, 6.45) is 1.82. The number of hydrogen-bond donors (Lipinski definition) is 1. The van der Waals surface area contributed by atoms with E-state index in [1.807, 2.05) is 18.2 Å². The minimum absolute atomic E-state index is 0.0625. The van der Waals surface area contributed by atoms with Crippen LogP contribution >= 0.6 is 11.6 Å². The van der Waals surface area contributed by atoms with Crippen molar-refractivity contribution in [2.24, 2.45) is 5.73 Å². The van der Waals surface area contributed by atoms with E-state index >= 15 is 0 Å². The Balaban J connectivity index is 1.98. The predicted molar refractivity (Wildman–Crippen MR) is 87.2 cm³/mol. The van der Waals surface area contributed by atoms with Gasteiger partial charge in [-0.25, -0.2) is 0 Å². The van der Waals surface area contributed by atoms with Gasteiger partial charge in [0.1, 0.15) is 0 Å². The number of halogens is 1. The lowest BCUT2D eigenvalue weighted by Gasteiger charge is -2.14. The molecule has 2 N–H and O–H groups in total. The van der Waals surface area contributed by atoms with Crippen molar-refractivity contribution >= 4 is 11.6 Å². The van der Waals surface area contributed by atoms with E-state index in [-0.39, 0.29) is 6.04 Å². The van der Waals surface area contributed by atoms with Crippen LogP contribution in [0.15, 0.2) is 48.5 Å². The molecule has 1 nitrogen and oxygen atoms in total. The smallest absolute Gasteiger partial charge is 0.0437 e. The van der Waals surface area contributed by atoms with Crippen LogP contribution in [0, 0.1) is 0 Å². The Morgan fingerprint density at radius 3 is 2.15 bits per heavy atom. The van der Waals surface area contributed by atoms with Crippen molar-refractivity contribution in [1.29, 1.82) is 0 Å². The van der Waals surface area contributed by atoms with Crippen molar-refractivity contribution < 1.29 is 0 Å². The van der Waals surface area contributed by atoms with Crippen molar-refractivity contribution in [3.8, 4) is 0 Å². The molecule has 20 heavy (non-hydrogen) atoms. The summed E-state index contributed by atoms with van der Waals surface area (Å²) < 4.78 is 0. The lowest BCUT2D eigenvalue weighted by Crippen LogP contribution is -2.11. The molecule has 2 rings (SSSR count). The van der Waals surface area contributed by atoms with Crippen LogP contribution in [-0.4, -0.2) is 0 Å². The molecule has 0 fully saturated rings. The second kappa shape index (κ2) is 6.92. The van der Waals surface area contributed by atoms with Gasteiger partial charge in [0, 0.05) is 11.1 Å². The maximum absolute atomic E-state index is 6.28. The molecule has 1 unspecified atom stereocenters. The van der Waals surface area contributed by atoms with Crippen molar-refractivity contribution in [3.63, 3.8) is 0 Å². The summed E-state index contributed by atoms with van der Waals surface area (Å²) in [5.74, 6) is 0.559. The lowest BCUT2D eigenvalue weighted by molar-refractivity contribution is 0.651. The molecule has 106 valence electrons. The Kier molecular flexibility index (Phi) is 5.22. The Morgan fingerprint density at radius 1 is 0.950 bits per heavy atom. The quantitative estimate of drug-likeness (QED) is 0.814. The molecule has 0 saturated carbocycles. The van der Waals surface area contributed by atoms with Gasteiger partial charge in [0.05, 0.1) is 0 Å². The van der Waals surface area contributed by atoms with Gasteiger partial charge < -0.3 is 5.73 Å². The molecule has 0 amide bonds. The Morgan fingerprint density at radius 2 is 1.55 bits per heavy atom. The molecule has 0 aliphatic carbocycles. The molecule has 0 aromatic heterocycles. The first kappa shape index (κ1) is 15.1. The zero-order valence-electron chi connectivity index (χ0n) is 12.1. The van der Waals surface area contributed by atoms with Crippen LogP contribution in [-0.2, 0) is 6.42 Å².